The molecule has 1 aromatic carbocycles. The Morgan fingerprint density at radius 2 is 1.53 bits per heavy atom. The first-order valence-electron chi connectivity index (χ1n) is 6.10. The first kappa shape index (κ1) is 15.7. The molecule has 104 valence electrons. The minimum absolute atomic E-state index is 0.0384. The molecule has 0 unspecified atom stereocenters. The molecular formula is C14H19BrN2O2. The van der Waals surface area contributed by atoms with Gasteiger partial charge in [-0.05, 0) is 24.3 Å². The first-order valence-corrected chi connectivity index (χ1v) is 7.22. The van der Waals surface area contributed by atoms with Crippen molar-refractivity contribution >= 4 is 39.1 Å². The average Bonchev–Trinajstić information content (AvgIpc) is 2.30. The zero-order valence-electron chi connectivity index (χ0n) is 11.4. The molecule has 0 spiro atoms. The molecular weight excluding hydrogens is 308 g/mol. The number of anilines is 2. The van der Waals surface area contributed by atoms with Gasteiger partial charge < -0.3 is 10.6 Å². The highest BCUT2D eigenvalue weighted by molar-refractivity contribution is 9.09. The van der Waals surface area contributed by atoms with Crippen LogP contribution in [0.2, 0.25) is 0 Å². The van der Waals surface area contributed by atoms with Crippen LogP contribution < -0.4 is 10.6 Å². The predicted molar refractivity (Wildman–Crippen MR) is 81.6 cm³/mol. The molecule has 0 radical (unpaired) electrons. The average molecular weight is 327 g/mol. The minimum Gasteiger partial charge on any atom is -0.326 e. The third-order valence-corrected chi connectivity index (χ3v) is 2.83. The van der Waals surface area contributed by atoms with Gasteiger partial charge in [-0.15, -0.1) is 0 Å². The molecule has 2 amide bonds. The van der Waals surface area contributed by atoms with Crippen LogP contribution in [-0.4, -0.2) is 17.1 Å². The van der Waals surface area contributed by atoms with Crippen LogP contribution in [-0.2, 0) is 9.59 Å². The van der Waals surface area contributed by atoms with Crippen LogP contribution in [0.25, 0.3) is 0 Å². The molecule has 0 heterocycles. The van der Waals surface area contributed by atoms with Crippen molar-refractivity contribution in [3.8, 4) is 0 Å². The molecule has 0 aromatic heterocycles. The van der Waals surface area contributed by atoms with E-state index in [1.54, 1.807) is 24.3 Å². The van der Waals surface area contributed by atoms with Gasteiger partial charge in [0.25, 0.3) is 0 Å². The molecule has 0 atom stereocenters. The Labute approximate surface area is 122 Å². The van der Waals surface area contributed by atoms with E-state index >= 15 is 0 Å². The van der Waals surface area contributed by atoms with Crippen molar-refractivity contribution in [1.29, 1.82) is 0 Å². The maximum Gasteiger partial charge on any atom is 0.229 e. The van der Waals surface area contributed by atoms with E-state index in [2.05, 4.69) is 26.6 Å². The Bertz CT molecular complexity index is 450. The molecule has 0 fully saturated rings. The zero-order valence-corrected chi connectivity index (χ0v) is 13.0. The lowest BCUT2D eigenvalue weighted by Crippen LogP contribution is -2.27. The number of rotatable bonds is 4. The highest BCUT2D eigenvalue weighted by atomic mass is 79.9. The summed E-state index contributed by atoms with van der Waals surface area (Å²) in [6.45, 7) is 5.58. The molecule has 19 heavy (non-hydrogen) atoms. The number of benzene rings is 1. The van der Waals surface area contributed by atoms with E-state index in [0.29, 0.717) is 11.8 Å². The Hall–Kier alpha value is -1.36. The Kier molecular flexibility index (Phi) is 5.54. The Morgan fingerprint density at radius 1 is 1.05 bits per heavy atom. The number of carbonyl (C=O) groups excluding carboxylic acids is 2. The van der Waals surface area contributed by atoms with Gasteiger partial charge in [0.05, 0.1) is 0 Å². The number of alkyl halides is 1. The second kappa shape index (κ2) is 6.70. The van der Waals surface area contributed by atoms with Crippen LogP contribution in [0.15, 0.2) is 24.3 Å². The summed E-state index contributed by atoms with van der Waals surface area (Å²) in [5, 5.41) is 6.24. The molecule has 0 aliphatic carbocycles. The minimum atomic E-state index is -0.428. The predicted octanol–water partition coefficient (Wildman–Crippen LogP) is 3.39. The fourth-order valence-electron chi connectivity index (χ4n) is 1.26. The van der Waals surface area contributed by atoms with E-state index < -0.39 is 5.41 Å². The standard InChI is InChI=1S/C14H19BrN2O2/c1-14(2,3)13(19)17-11-6-4-10(5-7-11)16-12(18)8-9-15/h4-7H,8-9H2,1-3H3,(H,16,18)(H,17,19). The SMILES string of the molecule is CC(C)(C)C(=O)Nc1ccc(NC(=O)CCBr)cc1. The van der Waals surface area contributed by atoms with Gasteiger partial charge in [-0.3, -0.25) is 9.59 Å². The quantitative estimate of drug-likeness (QED) is 0.833. The lowest BCUT2D eigenvalue weighted by molar-refractivity contribution is -0.123. The largest absolute Gasteiger partial charge is 0.326 e. The summed E-state index contributed by atoms with van der Waals surface area (Å²) in [6.07, 6.45) is 0.433. The van der Waals surface area contributed by atoms with Crippen LogP contribution in [0.4, 0.5) is 11.4 Å². The van der Waals surface area contributed by atoms with Gasteiger partial charge in [0, 0.05) is 28.5 Å². The fourth-order valence-corrected chi connectivity index (χ4v) is 1.62. The van der Waals surface area contributed by atoms with Crippen LogP contribution in [0, 0.1) is 5.41 Å². The molecule has 0 saturated heterocycles. The first-order chi connectivity index (χ1) is 8.82. The van der Waals surface area contributed by atoms with E-state index in [0.717, 1.165) is 11.4 Å². The van der Waals surface area contributed by atoms with Crippen LogP contribution in [0.5, 0.6) is 0 Å². The molecule has 0 bridgehead atoms. The third kappa shape index (κ3) is 5.42. The maximum atomic E-state index is 11.8. The number of amides is 2. The smallest absolute Gasteiger partial charge is 0.229 e. The second-order valence-electron chi connectivity index (χ2n) is 5.27. The molecule has 0 saturated carbocycles. The van der Waals surface area contributed by atoms with E-state index in [1.165, 1.54) is 0 Å². The van der Waals surface area contributed by atoms with Crippen LogP contribution in [0.3, 0.4) is 0 Å². The van der Waals surface area contributed by atoms with Gasteiger partial charge >= 0.3 is 0 Å². The molecule has 1 rings (SSSR count). The molecule has 4 nitrogen and oxygen atoms in total. The zero-order chi connectivity index (χ0) is 14.5. The lowest BCUT2D eigenvalue weighted by Gasteiger charge is -2.17. The van der Waals surface area contributed by atoms with Gasteiger partial charge in [0.15, 0.2) is 0 Å². The number of hydrogen-bond donors (Lipinski definition) is 2. The Balaban J connectivity index is 2.62. The molecule has 2 N–H and O–H groups in total. The summed E-state index contributed by atoms with van der Waals surface area (Å²) in [5.41, 5.74) is 1.01. The summed E-state index contributed by atoms with van der Waals surface area (Å²) >= 11 is 3.21. The molecule has 0 aliphatic rings. The van der Waals surface area contributed by atoms with Crippen molar-refractivity contribution in [3.05, 3.63) is 24.3 Å². The van der Waals surface area contributed by atoms with Gasteiger partial charge in [-0.2, -0.15) is 0 Å². The van der Waals surface area contributed by atoms with Crippen molar-refractivity contribution in [3.63, 3.8) is 0 Å². The van der Waals surface area contributed by atoms with E-state index in [4.69, 9.17) is 0 Å². The Morgan fingerprint density at radius 3 is 1.95 bits per heavy atom. The van der Waals surface area contributed by atoms with Crippen molar-refractivity contribution in [1.82, 2.24) is 0 Å². The van der Waals surface area contributed by atoms with Crippen molar-refractivity contribution in [2.75, 3.05) is 16.0 Å². The molecule has 5 heteroatoms. The summed E-state index contributed by atoms with van der Waals surface area (Å²) < 4.78 is 0. The highest BCUT2D eigenvalue weighted by Gasteiger charge is 2.20. The van der Waals surface area contributed by atoms with E-state index in [1.807, 2.05) is 20.8 Å². The van der Waals surface area contributed by atoms with E-state index in [-0.39, 0.29) is 11.8 Å². The van der Waals surface area contributed by atoms with Gasteiger partial charge in [-0.1, -0.05) is 36.7 Å². The van der Waals surface area contributed by atoms with Gasteiger partial charge in [0.1, 0.15) is 0 Å². The van der Waals surface area contributed by atoms with Crippen molar-refractivity contribution in [2.24, 2.45) is 5.41 Å². The van der Waals surface area contributed by atoms with Gasteiger partial charge in [-0.25, -0.2) is 0 Å². The summed E-state index contributed by atoms with van der Waals surface area (Å²) in [5.74, 6) is -0.0769. The lowest BCUT2D eigenvalue weighted by atomic mass is 9.95. The monoisotopic (exact) mass is 326 g/mol. The number of hydrogen-bond acceptors (Lipinski definition) is 2. The summed E-state index contributed by atoms with van der Waals surface area (Å²) in [4.78, 5) is 23.2. The molecule has 0 aliphatic heterocycles. The normalized spacial score (nSPS) is 10.9. The highest BCUT2D eigenvalue weighted by Crippen LogP contribution is 2.19. The van der Waals surface area contributed by atoms with Crippen molar-refractivity contribution in [2.45, 2.75) is 27.2 Å². The van der Waals surface area contributed by atoms with Crippen LogP contribution in [0.1, 0.15) is 27.2 Å². The van der Waals surface area contributed by atoms with Crippen molar-refractivity contribution < 1.29 is 9.59 Å². The number of halogens is 1. The van der Waals surface area contributed by atoms with Crippen LogP contribution >= 0.6 is 15.9 Å². The fraction of sp³-hybridized carbons (Fsp3) is 0.429. The number of carbonyl (C=O) groups is 2. The summed E-state index contributed by atoms with van der Waals surface area (Å²) in [6, 6.07) is 7.08. The van der Waals surface area contributed by atoms with E-state index in [9.17, 15) is 9.59 Å². The summed E-state index contributed by atoms with van der Waals surface area (Å²) in [7, 11) is 0. The second-order valence-corrected chi connectivity index (χ2v) is 6.06. The van der Waals surface area contributed by atoms with Gasteiger partial charge in [0.2, 0.25) is 11.8 Å². The third-order valence-electron chi connectivity index (χ3n) is 2.43. The maximum absolute atomic E-state index is 11.8. The molecule has 1 aromatic rings. The number of nitrogens with one attached hydrogen (secondary N) is 2. The topological polar surface area (TPSA) is 58.2 Å².